The molecular weight excluding hydrogens is 572 g/mol. The lowest BCUT2D eigenvalue weighted by Crippen LogP contribution is -2.56. The number of nitrogens with one attached hydrogen (secondary N) is 1. The van der Waals surface area contributed by atoms with Gasteiger partial charge in [-0.1, -0.05) is 38.1 Å². The number of hydrazone groups is 1. The van der Waals surface area contributed by atoms with E-state index in [1.165, 1.54) is 18.2 Å². The standard InChI is InChI=1S/C32H43F2N5O5/c1-4-38-21-28(26(24-8-7-9-25(33)20-24)10-5-6-11-27(34)23(2)3)39-30(31(38)40)29(12-13-36-39)43-22-44-32(41)35-14-15-37-16-18-42-19-17-37/h5-9,11,13,20,23,26,28H,4,10,12,14-19,21-22H2,1-3H3,(H,35,41)/b6-5-,27-11+/t26?,28-/m1/s1. The molecule has 4 rings (SSSR count). The zero-order valence-electron chi connectivity index (χ0n) is 25.7. The Morgan fingerprint density at radius 3 is 2.80 bits per heavy atom. The van der Waals surface area contributed by atoms with E-state index in [4.69, 9.17) is 14.2 Å². The molecule has 2 atom stereocenters. The van der Waals surface area contributed by atoms with E-state index in [2.05, 4.69) is 15.3 Å². The van der Waals surface area contributed by atoms with Crippen LogP contribution < -0.4 is 5.32 Å². The van der Waals surface area contributed by atoms with Crippen molar-refractivity contribution in [2.45, 2.75) is 45.6 Å². The van der Waals surface area contributed by atoms with Crippen molar-refractivity contribution >= 4 is 18.2 Å². The van der Waals surface area contributed by atoms with E-state index in [1.807, 2.05) is 19.1 Å². The molecule has 44 heavy (non-hydrogen) atoms. The highest BCUT2D eigenvalue weighted by Gasteiger charge is 2.43. The molecule has 3 heterocycles. The van der Waals surface area contributed by atoms with Crippen molar-refractivity contribution in [2.75, 3.05) is 59.3 Å². The van der Waals surface area contributed by atoms with Gasteiger partial charge in [0.15, 0.2) is 5.70 Å². The topological polar surface area (TPSA) is 95.9 Å². The van der Waals surface area contributed by atoms with Crippen LogP contribution in [0.5, 0.6) is 0 Å². The third kappa shape index (κ3) is 8.88. The maximum absolute atomic E-state index is 14.4. The number of likely N-dealkylation sites (N-methyl/N-ethyl adjacent to an activating group) is 1. The van der Waals surface area contributed by atoms with Crippen LogP contribution in [0, 0.1) is 11.7 Å². The van der Waals surface area contributed by atoms with E-state index in [9.17, 15) is 18.4 Å². The summed E-state index contributed by atoms with van der Waals surface area (Å²) in [5, 5.41) is 8.94. The smallest absolute Gasteiger partial charge is 0.410 e. The minimum absolute atomic E-state index is 0.222. The average molecular weight is 616 g/mol. The Morgan fingerprint density at radius 2 is 2.07 bits per heavy atom. The molecule has 0 saturated carbocycles. The Hall–Kier alpha value is -3.77. The summed E-state index contributed by atoms with van der Waals surface area (Å²) in [5.41, 5.74) is 0.996. The van der Waals surface area contributed by atoms with Crippen LogP contribution in [0.4, 0.5) is 13.6 Å². The molecule has 3 aliphatic rings. The third-order valence-electron chi connectivity index (χ3n) is 7.87. The molecule has 12 heteroatoms. The Bertz CT molecular complexity index is 1260. The highest BCUT2D eigenvalue weighted by Crippen LogP contribution is 2.37. The fourth-order valence-electron chi connectivity index (χ4n) is 5.37. The fraction of sp³-hybridized carbons (Fsp3) is 0.531. The summed E-state index contributed by atoms with van der Waals surface area (Å²) in [4.78, 5) is 29.7. The molecule has 2 fully saturated rings. The second kappa shape index (κ2) is 16.3. The molecule has 1 unspecified atom stereocenters. The number of halogens is 2. The summed E-state index contributed by atoms with van der Waals surface area (Å²) in [5.74, 6) is -1.03. The number of carbonyl (C=O) groups excluding carboxylic acids is 2. The van der Waals surface area contributed by atoms with Crippen molar-refractivity contribution in [3.8, 4) is 0 Å². The molecule has 1 aromatic rings. The van der Waals surface area contributed by atoms with E-state index in [0.717, 1.165) is 18.7 Å². The lowest BCUT2D eigenvalue weighted by molar-refractivity contribution is -0.134. The molecule has 2 amide bonds. The number of nitrogens with zero attached hydrogens (tertiary/aromatic N) is 4. The summed E-state index contributed by atoms with van der Waals surface area (Å²) in [6, 6.07) is 6.00. The Morgan fingerprint density at radius 1 is 1.27 bits per heavy atom. The molecule has 1 N–H and O–H groups in total. The summed E-state index contributed by atoms with van der Waals surface area (Å²) in [6.07, 6.45) is 6.67. The first-order chi connectivity index (χ1) is 21.3. The number of hydrogen-bond acceptors (Lipinski definition) is 8. The summed E-state index contributed by atoms with van der Waals surface area (Å²) >= 11 is 0. The highest BCUT2D eigenvalue weighted by atomic mass is 19.1. The van der Waals surface area contributed by atoms with Gasteiger partial charge in [0, 0.05) is 63.7 Å². The summed E-state index contributed by atoms with van der Waals surface area (Å²) in [6.45, 7) is 9.97. The number of fused-ring (bicyclic) bond motifs is 1. The molecule has 1 aromatic carbocycles. The molecule has 10 nitrogen and oxygen atoms in total. The Balaban J connectivity index is 1.49. The van der Waals surface area contributed by atoms with Crippen LogP contribution in [0.2, 0.25) is 0 Å². The largest absolute Gasteiger partial charge is 0.459 e. The zero-order chi connectivity index (χ0) is 31.5. The number of carbonyl (C=O) groups is 2. The van der Waals surface area contributed by atoms with Gasteiger partial charge in [-0.2, -0.15) is 5.10 Å². The molecule has 0 aliphatic carbocycles. The summed E-state index contributed by atoms with van der Waals surface area (Å²) in [7, 11) is 0. The second-order valence-electron chi connectivity index (χ2n) is 11.1. The van der Waals surface area contributed by atoms with Gasteiger partial charge in [0.1, 0.15) is 17.4 Å². The number of benzene rings is 1. The van der Waals surface area contributed by atoms with Crippen LogP contribution in [-0.2, 0) is 19.0 Å². The maximum Gasteiger partial charge on any atom is 0.410 e. The minimum Gasteiger partial charge on any atom is -0.459 e. The molecule has 3 aliphatic heterocycles. The normalized spacial score (nSPS) is 20.4. The van der Waals surface area contributed by atoms with Gasteiger partial charge >= 0.3 is 6.09 Å². The van der Waals surface area contributed by atoms with Crippen molar-refractivity contribution in [3.63, 3.8) is 0 Å². The quantitative estimate of drug-likeness (QED) is 0.257. The monoisotopic (exact) mass is 615 g/mol. The van der Waals surface area contributed by atoms with Crippen molar-refractivity contribution in [3.05, 3.63) is 71.2 Å². The number of piperazine rings is 1. The van der Waals surface area contributed by atoms with Crippen LogP contribution in [0.15, 0.2) is 64.9 Å². The van der Waals surface area contributed by atoms with Gasteiger partial charge in [0.05, 0.1) is 19.3 Å². The van der Waals surface area contributed by atoms with E-state index in [1.54, 1.807) is 42.1 Å². The van der Waals surface area contributed by atoms with Crippen LogP contribution >= 0.6 is 0 Å². The van der Waals surface area contributed by atoms with Crippen molar-refractivity contribution in [2.24, 2.45) is 11.0 Å². The maximum atomic E-state index is 14.4. The van der Waals surface area contributed by atoms with Gasteiger partial charge in [-0.05, 0) is 37.1 Å². The van der Waals surface area contributed by atoms with E-state index >= 15 is 0 Å². The molecular formula is C32H43F2N5O5. The van der Waals surface area contributed by atoms with E-state index in [0.29, 0.717) is 51.6 Å². The number of alkyl carbamates (subject to hydrolysis) is 1. The van der Waals surface area contributed by atoms with Crippen molar-refractivity contribution in [1.29, 1.82) is 0 Å². The summed E-state index contributed by atoms with van der Waals surface area (Å²) < 4.78 is 44.9. The van der Waals surface area contributed by atoms with Crippen LogP contribution in [-0.4, -0.2) is 98.3 Å². The molecule has 240 valence electrons. The van der Waals surface area contributed by atoms with Gasteiger partial charge in [-0.3, -0.25) is 14.7 Å². The third-order valence-corrected chi connectivity index (χ3v) is 7.87. The molecule has 0 radical (unpaired) electrons. The zero-order valence-corrected chi connectivity index (χ0v) is 25.7. The van der Waals surface area contributed by atoms with Gasteiger partial charge < -0.3 is 24.4 Å². The van der Waals surface area contributed by atoms with Crippen LogP contribution in [0.25, 0.3) is 0 Å². The number of allylic oxidation sites excluding steroid dienone is 5. The van der Waals surface area contributed by atoms with Crippen LogP contribution in [0.3, 0.4) is 0 Å². The predicted octanol–water partition coefficient (Wildman–Crippen LogP) is 4.53. The van der Waals surface area contributed by atoms with Gasteiger partial charge in [0.2, 0.25) is 6.79 Å². The lowest BCUT2D eigenvalue weighted by atomic mass is 9.85. The van der Waals surface area contributed by atoms with Gasteiger partial charge in [-0.15, -0.1) is 0 Å². The molecule has 0 aromatic heterocycles. The average Bonchev–Trinajstić information content (AvgIpc) is 3.02. The van der Waals surface area contributed by atoms with E-state index in [-0.39, 0.29) is 54.3 Å². The van der Waals surface area contributed by atoms with Gasteiger partial charge in [0.25, 0.3) is 5.91 Å². The number of morpholine rings is 1. The number of rotatable bonds is 13. The number of amides is 2. The van der Waals surface area contributed by atoms with Crippen molar-refractivity contribution < 1.29 is 32.6 Å². The van der Waals surface area contributed by atoms with Crippen molar-refractivity contribution in [1.82, 2.24) is 20.1 Å². The predicted molar refractivity (Wildman–Crippen MR) is 163 cm³/mol. The Kier molecular flexibility index (Phi) is 12.3. The highest BCUT2D eigenvalue weighted by molar-refractivity contribution is 5.95. The fourth-order valence-corrected chi connectivity index (χ4v) is 5.37. The number of ether oxygens (including phenoxy) is 3. The SMILES string of the molecule is CCN1C[C@H](C(C/C=C\C=C(\F)C(C)C)c2cccc(F)c2)N2N=CCC(OCOC(=O)NCCN3CCOCC3)=C2C1=O. The van der Waals surface area contributed by atoms with E-state index < -0.39 is 6.09 Å². The molecule has 0 spiro atoms. The first kappa shape index (κ1) is 33.1. The second-order valence-corrected chi connectivity index (χ2v) is 11.1. The number of hydrogen-bond donors (Lipinski definition) is 1. The molecule has 0 bridgehead atoms. The minimum atomic E-state index is -0.617. The first-order valence-corrected chi connectivity index (χ1v) is 15.2. The van der Waals surface area contributed by atoms with Crippen LogP contribution in [0.1, 0.15) is 45.1 Å². The van der Waals surface area contributed by atoms with Gasteiger partial charge in [-0.25, -0.2) is 13.6 Å². The molecule has 2 saturated heterocycles. The first-order valence-electron chi connectivity index (χ1n) is 15.2. The lowest BCUT2D eigenvalue weighted by Gasteiger charge is -2.45. The Labute approximate surface area is 258 Å².